The molecule has 4 rings (SSSR count). The molecule has 0 radical (unpaired) electrons. The highest BCUT2D eigenvalue weighted by Crippen LogP contribution is 2.31. The molecule has 0 aliphatic rings. The van der Waals surface area contributed by atoms with Crippen LogP contribution < -0.4 is 20.5 Å². The second kappa shape index (κ2) is 8.27. The minimum atomic E-state index is -4.88. The second-order valence-electron chi connectivity index (χ2n) is 6.42. The predicted octanol–water partition coefficient (Wildman–Crippen LogP) is 4.85. The number of carbonyl (C=O) groups excluding carboxylic acids is 1. The van der Waals surface area contributed by atoms with E-state index >= 15 is 0 Å². The maximum Gasteiger partial charge on any atom is 0.573 e. The first-order valence-electron chi connectivity index (χ1n) is 8.89. The van der Waals surface area contributed by atoms with Gasteiger partial charge in [-0.3, -0.25) is 9.78 Å². The van der Waals surface area contributed by atoms with Crippen LogP contribution in [0.1, 0.15) is 10.4 Å². The largest absolute Gasteiger partial charge is 0.573 e. The van der Waals surface area contributed by atoms with E-state index in [4.69, 9.17) is 16.3 Å². The molecule has 0 aliphatic carbocycles. The zero-order valence-electron chi connectivity index (χ0n) is 15.8. The number of ether oxygens (including phenoxy) is 2. The van der Waals surface area contributed by atoms with Crippen molar-refractivity contribution < 1.29 is 27.4 Å². The van der Waals surface area contributed by atoms with Crippen molar-refractivity contribution >= 4 is 34.4 Å². The van der Waals surface area contributed by atoms with E-state index in [2.05, 4.69) is 25.0 Å². The van der Waals surface area contributed by atoms with Crippen LogP contribution in [0.3, 0.4) is 0 Å². The van der Waals surface area contributed by atoms with Crippen molar-refractivity contribution in [1.29, 1.82) is 0 Å². The van der Waals surface area contributed by atoms with Crippen LogP contribution in [0.2, 0.25) is 5.02 Å². The van der Waals surface area contributed by atoms with Gasteiger partial charge in [-0.25, -0.2) is 9.78 Å². The first kappa shape index (κ1) is 21.2. The highest BCUT2D eigenvalue weighted by Gasteiger charge is 2.31. The summed E-state index contributed by atoms with van der Waals surface area (Å²) in [5.41, 5.74) is 0.343. The Hall–Kier alpha value is -3.99. The summed E-state index contributed by atoms with van der Waals surface area (Å²) >= 11 is 6.11. The topological polar surface area (TPSA) is 109 Å². The van der Waals surface area contributed by atoms with Gasteiger partial charge in [0.1, 0.15) is 17.0 Å². The summed E-state index contributed by atoms with van der Waals surface area (Å²) in [7, 11) is 0. The minimum Gasteiger partial charge on any atom is -0.455 e. The minimum absolute atomic E-state index is 0.0602. The molecule has 0 fully saturated rings. The number of hydrogen-bond donors (Lipinski definition) is 3. The van der Waals surface area contributed by atoms with Gasteiger partial charge >= 0.3 is 12.1 Å². The van der Waals surface area contributed by atoms with Crippen molar-refractivity contribution in [3.05, 3.63) is 75.8 Å². The maximum absolute atomic E-state index is 12.5. The summed E-state index contributed by atoms with van der Waals surface area (Å²) < 4.78 is 46.8. The van der Waals surface area contributed by atoms with Crippen molar-refractivity contribution in [1.82, 2.24) is 15.0 Å². The third-order valence-corrected chi connectivity index (χ3v) is 4.29. The lowest BCUT2D eigenvalue weighted by molar-refractivity contribution is -0.274. The standard InChI is InChI=1S/C20H12ClF3N4O4/c21-11-7-12(26-18(29)10-2-1-3-13(6-10)32-20(22,23)24)9-14(8-11)31-15-4-5-25-17-16(15)27-19(30)28-17/h1-9H,(H,26,29)(H2,25,27,28,30). The SMILES string of the molecule is O=C(Nc1cc(Cl)cc(Oc2ccnc3[nH]c(=O)[nH]c23)c1)c1cccc(OC(F)(F)F)c1. The first-order valence-corrected chi connectivity index (χ1v) is 9.27. The molecule has 2 aromatic heterocycles. The van der Waals surface area contributed by atoms with Gasteiger partial charge in [0.2, 0.25) is 0 Å². The number of hydrogen-bond acceptors (Lipinski definition) is 5. The van der Waals surface area contributed by atoms with Crippen LogP contribution >= 0.6 is 11.6 Å². The van der Waals surface area contributed by atoms with Gasteiger partial charge in [-0.15, -0.1) is 13.2 Å². The quantitative estimate of drug-likeness (QED) is 0.391. The molecule has 0 atom stereocenters. The molecular weight excluding hydrogens is 453 g/mol. The number of amides is 1. The lowest BCUT2D eigenvalue weighted by Crippen LogP contribution is -2.18. The number of halogens is 4. The molecule has 4 aromatic rings. The molecule has 3 N–H and O–H groups in total. The lowest BCUT2D eigenvalue weighted by atomic mass is 10.2. The van der Waals surface area contributed by atoms with Crippen LogP contribution in [0.15, 0.2) is 59.5 Å². The molecule has 0 saturated carbocycles. The van der Waals surface area contributed by atoms with E-state index in [-0.39, 0.29) is 27.8 Å². The first-order chi connectivity index (χ1) is 15.2. The van der Waals surface area contributed by atoms with Gasteiger partial charge in [-0.2, -0.15) is 0 Å². The molecule has 2 aromatic carbocycles. The van der Waals surface area contributed by atoms with Crippen molar-refractivity contribution in [3.8, 4) is 17.2 Å². The molecule has 12 heteroatoms. The Balaban J connectivity index is 1.56. The van der Waals surface area contributed by atoms with Gasteiger partial charge in [-0.1, -0.05) is 17.7 Å². The Morgan fingerprint density at radius 1 is 1.06 bits per heavy atom. The average Bonchev–Trinajstić information content (AvgIpc) is 3.08. The summed E-state index contributed by atoms with van der Waals surface area (Å²) in [5, 5.41) is 2.76. The predicted molar refractivity (Wildman–Crippen MR) is 109 cm³/mol. The van der Waals surface area contributed by atoms with Gasteiger partial charge in [-0.05, 0) is 30.3 Å². The normalized spacial score (nSPS) is 11.4. The van der Waals surface area contributed by atoms with Crippen LogP contribution in [-0.2, 0) is 0 Å². The highest BCUT2D eigenvalue weighted by molar-refractivity contribution is 6.31. The lowest BCUT2D eigenvalue weighted by Gasteiger charge is -2.12. The Morgan fingerprint density at radius 2 is 1.88 bits per heavy atom. The monoisotopic (exact) mass is 464 g/mol. The van der Waals surface area contributed by atoms with Gasteiger partial charge in [0.25, 0.3) is 5.91 Å². The third-order valence-electron chi connectivity index (χ3n) is 4.07. The van der Waals surface area contributed by atoms with Crippen LogP contribution in [-0.4, -0.2) is 27.2 Å². The second-order valence-corrected chi connectivity index (χ2v) is 6.86. The summed E-state index contributed by atoms with van der Waals surface area (Å²) in [4.78, 5) is 33.1. The number of imidazole rings is 1. The molecule has 0 bridgehead atoms. The van der Waals surface area contributed by atoms with Crippen molar-refractivity contribution in [2.75, 3.05) is 5.32 Å². The Kier molecular flexibility index (Phi) is 5.49. The number of aromatic amines is 2. The number of rotatable bonds is 5. The summed E-state index contributed by atoms with van der Waals surface area (Å²) in [6.45, 7) is 0. The molecule has 2 heterocycles. The molecule has 32 heavy (non-hydrogen) atoms. The zero-order valence-corrected chi connectivity index (χ0v) is 16.5. The summed E-state index contributed by atoms with van der Waals surface area (Å²) in [6, 6.07) is 10.5. The van der Waals surface area contributed by atoms with Crippen LogP contribution in [0.25, 0.3) is 11.2 Å². The van der Waals surface area contributed by atoms with E-state index < -0.39 is 23.7 Å². The van der Waals surface area contributed by atoms with Crippen LogP contribution in [0.4, 0.5) is 18.9 Å². The number of nitrogens with zero attached hydrogens (tertiary/aromatic N) is 1. The average molecular weight is 465 g/mol. The van der Waals surface area contributed by atoms with E-state index in [1.54, 1.807) is 0 Å². The fourth-order valence-electron chi connectivity index (χ4n) is 2.86. The van der Waals surface area contributed by atoms with E-state index in [1.807, 2.05) is 0 Å². The molecule has 0 aliphatic heterocycles. The molecular formula is C20H12ClF3N4O4. The zero-order chi connectivity index (χ0) is 22.9. The van der Waals surface area contributed by atoms with Gasteiger partial charge in [0.15, 0.2) is 11.4 Å². The molecule has 0 unspecified atom stereocenters. The van der Waals surface area contributed by atoms with Crippen LogP contribution in [0.5, 0.6) is 17.2 Å². The number of H-pyrrole nitrogens is 2. The van der Waals surface area contributed by atoms with E-state index in [0.29, 0.717) is 11.2 Å². The van der Waals surface area contributed by atoms with Crippen molar-refractivity contribution in [2.24, 2.45) is 0 Å². The maximum atomic E-state index is 12.5. The Bertz CT molecular complexity index is 1370. The van der Waals surface area contributed by atoms with E-state index in [9.17, 15) is 22.8 Å². The number of alkyl halides is 3. The summed E-state index contributed by atoms with van der Waals surface area (Å²) in [5.74, 6) is -0.698. The Morgan fingerprint density at radius 3 is 2.66 bits per heavy atom. The van der Waals surface area contributed by atoms with Gasteiger partial charge in [0.05, 0.1) is 0 Å². The molecule has 1 amide bonds. The van der Waals surface area contributed by atoms with E-state index in [1.165, 1.54) is 42.6 Å². The number of benzene rings is 2. The number of anilines is 1. The number of carbonyl (C=O) groups is 1. The highest BCUT2D eigenvalue weighted by atomic mass is 35.5. The number of fused-ring (bicyclic) bond motifs is 1. The third kappa shape index (κ3) is 5.01. The number of nitrogens with one attached hydrogen (secondary N) is 3. The molecule has 8 nitrogen and oxygen atoms in total. The van der Waals surface area contributed by atoms with Gasteiger partial charge < -0.3 is 19.8 Å². The fourth-order valence-corrected chi connectivity index (χ4v) is 3.08. The van der Waals surface area contributed by atoms with Crippen molar-refractivity contribution in [2.45, 2.75) is 6.36 Å². The fraction of sp³-hybridized carbons (Fsp3) is 0.0500. The Labute approximate surface area is 182 Å². The molecule has 0 saturated heterocycles. The van der Waals surface area contributed by atoms with Gasteiger partial charge in [0, 0.05) is 34.6 Å². The number of pyridine rings is 1. The summed E-state index contributed by atoms with van der Waals surface area (Å²) in [6.07, 6.45) is -3.44. The molecule has 164 valence electrons. The van der Waals surface area contributed by atoms with E-state index in [0.717, 1.165) is 12.1 Å². The smallest absolute Gasteiger partial charge is 0.455 e. The van der Waals surface area contributed by atoms with Crippen molar-refractivity contribution in [3.63, 3.8) is 0 Å². The van der Waals surface area contributed by atoms with Crippen LogP contribution in [0, 0.1) is 0 Å². The number of aromatic nitrogens is 3. The molecule has 0 spiro atoms.